The van der Waals surface area contributed by atoms with Gasteiger partial charge < -0.3 is 0 Å². The lowest BCUT2D eigenvalue weighted by molar-refractivity contribution is 0.796. The van der Waals surface area contributed by atoms with E-state index in [2.05, 4.69) is 173 Å². The van der Waals surface area contributed by atoms with Gasteiger partial charge >= 0.3 is 0 Å². The molecule has 0 bridgehead atoms. The van der Waals surface area contributed by atoms with Gasteiger partial charge in [-0.05, 0) is 203 Å². The molecule has 0 aliphatic carbocycles. The summed E-state index contributed by atoms with van der Waals surface area (Å²) in [4.78, 5) is 0. The van der Waals surface area contributed by atoms with Crippen molar-refractivity contribution in [3.05, 3.63) is 168 Å². The number of hydrogen-bond acceptors (Lipinski definition) is 0. The van der Waals surface area contributed by atoms with Crippen molar-refractivity contribution in [2.75, 3.05) is 0 Å². The molecule has 0 nitrogen and oxygen atoms in total. The van der Waals surface area contributed by atoms with Crippen LogP contribution in [-0.2, 0) is 25.7 Å². The molecule has 0 aromatic heterocycles. The summed E-state index contributed by atoms with van der Waals surface area (Å²) in [7, 11) is 0. The van der Waals surface area contributed by atoms with Crippen LogP contribution in [0.2, 0.25) is 0 Å². The van der Waals surface area contributed by atoms with Gasteiger partial charge in [-0.15, -0.1) is 0 Å². The van der Waals surface area contributed by atoms with Crippen LogP contribution in [0.4, 0.5) is 0 Å². The van der Waals surface area contributed by atoms with Crippen LogP contribution in [-0.4, -0.2) is 0 Å². The van der Waals surface area contributed by atoms with E-state index < -0.39 is 0 Å². The first-order chi connectivity index (χ1) is 29.1. The Morgan fingerprint density at radius 2 is 0.559 bits per heavy atom. The summed E-state index contributed by atoms with van der Waals surface area (Å²) in [6.45, 7) is 9.19. The van der Waals surface area contributed by atoms with Gasteiger partial charge in [-0.25, -0.2) is 0 Å². The normalized spacial score (nSPS) is 11.8. The molecule has 0 saturated heterocycles. The number of fused-ring (bicyclic) bond motifs is 2. The average Bonchev–Trinajstić information content (AvgIpc) is 3.28. The third-order valence-electron chi connectivity index (χ3n) is 12.9. The van der Waals surface area contributed by atoms with Gasteiger partial charge in [-0.3, -0.25) is 0 Å². The second-order valence-electron chi connectivity index (χ2n) is 17.0. The minimum atomic E-state index is 1.07. The zero-order valence-electron chi connectivity index (χ0n) is 35.6. The predicted octanol–water partition coefficient (Wildman–Crippen LogP) is 17.4. The van der Waals surface area contributed by atoms with E-state index in [9.17, 15) is 0 Å². The lowest BCUT2D eigenvalue weighted by Gasteiger charge is -2.21. The Bertz CT molecular complexity index is 2900. The highest BCUT2D eigenvalue weighted by Gasteiger charge is 2.21. The Balaban J connectivity index is 1.44. The van der Waals surface area contributed by atoms with Crippen molar-refractivity contribution in [2.24, 2.45) is 0 Å². The van der Waals surface area contributed by atoms with Crippen molar-refractivity contribution in [3.8, 4) is 44.5 Å². The van der Waals surface area contributed by atoms with Crippen molar-refractivity contribution in [3.63, 3.8) is 0 Å². The van der Waals surface area contributed by atoms with E-state index in [1.807, 2.05) is 0 Å². The van der Waals surface area contributed by atoms with Crippen LogP contribution in [0, 0.1) is 0 Å². The van der Waals surface area contributed by atoms with Crippen LogP contribution in [0.5, 0.6) is 0 Å². The first-order valence-electron chi connectivity index (χ1n) is 22.7. The molecule has 9 aromatic carbocycles. The summed E-state index contributed by atoms with van der Waals surface area (Å²) in [6.07, 6.45) is 12.6. The van der Waals surface area contributed by atoms with Crippen molar-refractivity contribution >= 4 is 43.1 Å². The van der Waals surface area contributed by atoms with E-state index in [4.69, 9.17) is 0 Å². The second kappa shape index (κ2) is 17.2. The van der Waals surface area contributed by atoms with E-state index in [1.165, 1.54) is 148 Å². The van der Waals surface area contributed by atoms with Crippen molar-refractivity contribution < 1.29 is 0 Å². The van der Waals surface area contributed by atoms with Crippen LogP contribution in [0.3, 0.4) is 0 Å². The molecule has 0 aliphatic rings. The fourth-order valence-electron chi connectivity index (χ4n) is 9.95. The van der Waals surface area contributed by atoms with Crippen LogP contribution in [0.25, 0.3) is 87.6 Å². The van der Waals surface area contributed by atoms with Gasteiger partial charge in [-0.1, -0.05) is 150 Å². The Morgan fingerprint density at radius 1 is 0.288 bits per heavy atom. The van der Waals surface area contributed by atoms with E-state index in [-0.39, 0.29) is 0 Å². The van der Waals surface area contributed by atoms with E-state index in [0.717, 1.165) is 32.1 Å². The molecule has 0 heterocycles. The molecule has 294 valence electrons. The van der Waals surface area contributed by atoms with E-state index >= 15 is 0 Å². The van der Waals surface area contributed by atoms with Crippen molar-refractivity contribution in [2.45, 2.75) is 98.3 Å². The molecule has 0 radical (unpaired) electrons. The van der Waals surface area contributed by atoms with Gasteiger partial charge in [0, 0.05) is 0 Å². The Kier molecular flexibility index (Phi) is 11.3. The van der Waals surface area contributed by atoms with E-state index in [1.54, 1.807) is 0 Å². The Labute approximate surface area is 352 Å². The lowest BCUT2D eigenvalue weighted by Crippen LogP contribution is -1.96. The zero-order valence-corrected chi connectivity index (χ0v) is 35.6. The molecule has 0 heteroatoms. The molecule has 0 aliphatic heterocycles. The Morgan fingerprint density at radius 3 is 0.831 bits per heavy atom. The van der Waals surface area contributed by atoms with Crippen LogP contribution < -0.4 is 0 Å². The predicted molar refractivity (Wildman–Crippen MR) is 259 cm³/mol. The Hall–Kier alpha value is -5.72. The fourth-order valence-corrected chi connectivity index (χ4v) is 9.95. The maximum atomic E-state index is 2.54. The SMILES string of the molecule is CCCCc1ccccc1-c1cc2cc(-c3ccccc3CCC)cc3c4cc(-c5ccccc5CCCC)cc5cc(-c6ccccc6CCCC)cc(c(c1)c23)c54. The van der Waals surface area contributed by atoms with Gasteiger partial charge in [0.15, 0.2) is 0 Å². The number of unbranched alkanes of at least 4 members (excludes halogenated alkanes) is 3. The minimum Gasteiger partial charge on any atom is -0.0654 e. The highest BCUT2D eigenvalue weighted by molar-refractivity contribution is 6.35. The molecule has 0 fully saturated rings. The molecule has 0 unspecified atom stereocenters. The molecule has 0 atom stereocenters. The summed E-state index contributed by atoms with van der Waals surface area (Å²) < 4.78 is 0. The van der Waals surface area contributed by atoms with Gasteiger partial charge in [-0.2, -0.15) is 0 Å². The quantitative estimate of drug-likeness (QED) is 0.0720. The van der Waals surface area contributed by atoms with Gasteiger partial charge in [0.1, 0.15) is 0 Å². The van der Waals surface area contributed by atoms with Gasteiger partial charge in [0.25, 0.3) is 0 Å². The zero-order chi connectivity index (χ0) is 40.3. The van der Waals surface area contributed by atoms with E-state index in [0.29, 0.717) is 0 Å². The lowest BCUT2D eigenvalue weighted by atomic mass is 9.82. The second-order valence-corrected chi connectivity index (χ2v) is 17.0. The third kappa shape index (κ3) is 7.44. The first kappa shape index (κ1) is 38.8. The van der Waals surface area contributed by atoms with Crippen LogP contribution in [0.15, 0.2) is 146 Å². The highest BCUT2D eigenvalue weighted by Crippen LogP contribution is 2.48. The molecule has 0 saturated carbocycles. The third-order valence-corrected chi connectivity index (χ3v) is 12.9. The number of rotatable bonds is 15. The first-order valence-corrected chi connectivity index (χ1v) is 22.7. The molecule has 0 N–H and O–H groups in total. The fraction of sp³-hybridized carbons (Fsp3) is 0.254. The topological polar surface area (TPSA) is 0 Å². The molecule has 9 aromatic rings. The van der Waals surface area contributed by atoms with Crippen LogP contribution in [0.1, 0.15) is 94.9 Å². The van der Waals surface area contributed by atoms with Gasteiger partial charge in [0.05, 0.1) is 0 Å². The smallest absolute Gasteiger partial charge is 0.00255 e. The molecular formula is C59H58. The summed E-state index contributed by atoms with van der Waals surface area (Å²) in [5, 5.41) is 10.8. The number of benzene rings is 9. The largest absolute Gasteiger partial charge is 0.0654 e. The summed E-state index contributed by atoms with van der Waals surface area (Å²) >= 11 is 0. The maximum absolute atomic E-state index is 2.54. The standard InChI is InChI=1S/C59H58/c1-5-9-21-41-25-13-17-29-51(41)45-33-48-32-44(50-28-16-12-24-40(50)20-8-4)36-54-55-37-46(52-30-18-14-26-42(52)22-10-6-2)34-49-35-47(39-57(59(49)55)56(38-45)58(48)54)53-31-19-15-27-43(53)23-11-7-3/h12-19,24-39H,5-11,20-23H2,1-4H3. The molecule has 59 heavy (non-hydrogen) atoms. The highest BCUT2D eigenvalue weighted by atomic mass is 14.2. The molecule has 0 spiro atoms. The summed E-state index contributed by atoms with van der Waals surface area (Å²) in [6, 6.07) is 56.8. The molecule has 0 amide bonds. The number of aryl methyl sites for hydroxylation is 4. The molecule has 9 rings (SSSR count). The van der Waals surface area contributed by atoms with Crippen molar-refractivity contribution in [1.82, 2.24) is 0 Å². The monoisotopic (exact) mass is 766 g/mol. The average molecular weight is 767 g/mol. The van der Waals surface area contributed by atoms with Gasteiger partial charge in [0.2, 0.25) is 0 Å². The summed E-state index contributed by atoms with van der Waals surface area (Å²) in [5.41, 5.74) is 16.4. The van der Waals surface area contributed by atoms with Crippen LogP contribution >= 0.6 is 0 Å². The molecular weight excluding hydrogens is 709 g/mol. The van der Waals surface area contributed by atoms with Crippen molar-refractivity contribution in [1.29, 1.82) is 0 Å². The number of hydrogen-bond donors (Lipinski definition) is 0. The maximum Gasteiger partial charge on any atom is -0.00255 e. The summed E-state index contributed by atoms with van der Waals surface area (Å²) in [5.74, 6) is 0. The minimum absolute atomic E-state index is 1.07.